The molecule has 104 heavy (non-hydrogen) atoms. The van der Waals surface area contributed by atoms with E-state index in [9.17, 15) is 43.2 Å². The summed E-state index contributed by atoms with van der Waals surface area (Å²) >= 11 is 0. The van der Waals surface area contributed by atoms with Crippen LogP contribution in [-0.2, 0) is 65.4 Å². The highest BCUT2D eigenvalue weighted by atomic mass is 31.2. The summed E-state index contributed by atoms with van der Waals surface area (Å²) in [5.74, 6) is -1.26. The number of rotatable bonds is 83. The molecule has 0 bridgehead atoms. The van der Waals surface area contributed by atoms with Gasteiger partial charge < -0.3 is 33.8 Å². The van der Waals surface area contributed by atoms with E-state index in [2.05, 4.69) is 58.9 Å². The monoisotopic (exact) mass is 1520 g/mol. The third kappa shape index (κ3) is 76.3. The van der Waals surface area contributed by atoms with Gasteiger partial charge in [0.25, 0.3) is 0 Å². The minimum absolute atomic E-state index is 0.102. The van der Waals surface area contributed by atoms with E-state index in [1.54, 1.807) is 0 Å². The predicted octanol–water partition coefficient (Wildman–Crippen LogP) is 25.5. The summed E-state index contributed by atoms with van der Waals surface area (Å²) < 4.78 is 68.8. The van der Waals surface area contributed by atoms with Crippen LogP contribution in [0.4, 0.5) is 0 Å². The first-order valence-electron chi connectivity index (χ1n) is 43.5. The quantitative estimate of drug-likeness (QED) is 0.0169. The van der Waals surface area contributed by atoms with Crippen molar-refractivity contribution >= 4 is 39.5 Å². The topological polar surface area (TPSA) is 237 Å². The highest BCUT2D eigenvalue weighted by molar-refractivity contribution is 7.47. The van der Waals surface area contributed by atoms with E-state index < -0.39 is 97.5 Å². The third-order valence-corrected chi connectivity index (χ3v) is 21.7. The molecule has 0 aromatic rings. The van der Waals surface area contributed by atoms with E-state index in [0.717, 1.165) is 115 Å². The van der Waals surface area contributed by atoms with Gasteiger partial charge >= 0.3 is 39.5 Å². The van der Waals surface area contributed by atoms with Crippen molar-refractivity contribution in [1.82, 2.24) is 0 Å². The van der Waals surface area contributed by atoms with Crippen LogP contribution in [0.3, 0.4) is 0 Å². The number of phosphoric ester groups is 2. The highest BCUT2D eigenvalue weighted by Gasteiger charge is 2.30. The number of carbonyl (C=O) groups is 4. The van der Waals surface area contributed by atoms with Crippen molar-refractivity contribution in [2.45, 2.75) is 451 Å². The van der Waals surface area contributed by atoms with Crippen molar-refractivity contribution in [2.24, 2.45) is 5.92 Å². The van der Waals surface area contributed by atoms with E-state index in [-0.39, 0.29) is 25.7 Å². The molecule has 614 valence electrons. The minimum Gasteiger partial charge on any atom is -0.462 e. The van der Waals surface area contributed by atoms with Gasteiger partial charge in [0.2, 0.25) is 0 Å². The third-order valence-electron chi connectivity index (χ3n) is 19.8. The van der Waals surface area contributed by atoms with Gasteiger partial charge in [-0.05, 0) is 57.3 Å². The molecule has 17 nitrogen and oxygen atoms in total. The first kappa shape index (κ1) is 102. The summed E-state index contributed by atoms with van der Waals surface area (Å²) in [6, 6.07) is 0. The number of hydrogen-bond donors (Lipinski definition) is 3. The summed E-state index contributed by atoms with van der Waals surface area (Å²) in [6.07, 6.45) is 72.8. The zero-order valence-electron chi connectivity index (χ0n) is 67.7. The van der Waals surface area contributed by atoms with Gasteiger partial charge in [0.1, 0.15) is 19.3 Å². The largest absolute Gasteiger partial charge is 0.472 e. The second-order valence-corrected chi connectivity index (χ2v) is 33.0. The molecular formula is C85H162O17P2. The Balaban J connectivity index is 5.27. The number of ether oxygens (including phenoxy) is 4. The Labute approximate surface area is 637 Å². The average molecular weight is 1520 g/mol. The van der Waals surface area contributed by atoms with Crippen LogP contribution in [0, 0.1) is 5.92 Å². The van der Waals surface area contributed by atoms with E-state index in [1.165, 1.54) is 238 Å². The molecule has 0 amide bonds. The fourth-order valence-electron chi connectivity index (χ4n) is 12.7. The molecule has 0 aliphatic heterocycles. The molecule has 0 aromatic heterocycles. The molecule has 0 fully saturated rings. The zero-order valence-corrected chi connectivity index (χ0v) is 69.4. The number of carbonyl (C=O) groups excluding carboxylic acids is 4. The van der Waals surface area contributed by atoms with Crippen molar-refractivity contribution in [3.63, 3.8) is 0 Å². The van der Waals surface area contributed by atoms with Gasteiger partial charge in [0.15, 0.2) is 12.2 Å². The average Bonchev–Trinajstić information content (AvgIpc) is 0.909. The van der Waals surface area contributed by atoms with E-state index in [4.69, 9.17) is 37.0 Å². The number of aliphatic hydroxyl groups is 1. The molecule has 0 aliphatic rings. The maximum absolute atomic E-state index is 13.1. The summed E-state index contributed by atoms with van der Waals surface area (Å²) in [4.78, 5) is 73.2. The van der Waals surface area contributed by atoms with Crippen molar-refractivity contribution in [2.75, 3.05) is 39.6 Å². The van der Waals surface area contributed by atoms with Crippen LogP contribution in [0.1, 0.15) is 433 Å². The second kappa shape index (κ2) is 77.3. The highest BCUT2D eigenvalue weighted by Crippen LogP contribution is 2.45. The van der Waals surface area contributed by atoms with Crippen LogP contribution in [-0.4, -0.2) is 96.7 Å². The van der Waals surface area contributed by atoms with Crippen LogP contribution >= 0.6 is 15.6 Å². The van der Waals surface area contributed by atoms with Crippen molar-refractivity contribution in [1.29, 1.82) is 0 Å². The van der Waals surface area contributed by atoms with Crippen LogP contribution in [0.5, 0.6) is 0 Å². The number of hydrogen-bond acceptors (Lipinski definition) is 15. The molecule has 19 heteroatoms. The molecule has 0 radical (unpaired) electrons. The van der Waals surface area contributed by atoms with Crippen LogP contribution in [0.2, 0.25) is 0 Å². The van der Waals surface area contributed by atoms with E-state index >= 15 is 0 Å². The lowest BCUT2D eigenvalue weighted by Crippen LogP contribution is -2.30. The molecule has 6 atom stereocenters. The molecule has 0 spiro atoms. The van der Waals surface area contributed by atoms with Crippen LogP contribution < -0.4 is 0 Å². The molecule has 0 saturated carbocycles. The van der Waals surface area contributed by atoms with Gasteiger partial charge in [0.05, 0.1) is 26.4 Å². The van der Waals surface area contributed by atoms with E-state index in [0.29, 0.717) is 25.7 Å². The van der Waals surface area contributed by atoms with Crippen molar-refractivity contribution < 1.29 is 80.2 Å². The lowest BCUT2D eigenvalue weighted by molar-refractivity contribution is -0.161. The van der Waals surface area contributed by atoms with Gasteiger partial charge in [-0.3, -0.25) is 37.3 Å². The summed E-state index contributed by atoms with van der Waals surface area (Å²) in [6.45, 7) is 7.36. The van der Waals surface area contributed by atoms with Crippen molar-refractivity contribution in [3.8, 4) is 0 Å². The zero-order chi connectivity index (χ0) is 76.2. The predicted molar refractivity (Wildman–Crippen MR) is 428 cm³/mol. The number of esters is 4. The maximum atomic E-state index is 13.1. The minimum atomic E-state index is -4.97. The fraction of sp³-hybridized carbons (Fsp3) is 0.906. The Hall–Kier alpha value is -2.46. The molecule has 0 saturated heterocycles. The smallest absolute Gasteiger partial charge is 0.462 e. The van der Waals surface area contributed by atoms with Crippen LogP contribution in [0.25, 0.3) is 0 Å². The number of aliphatic hydroxyl groups excluding tert-OH is 1. The molecule has 0 rings (SSSR count). The number of allylic oxidation sites excluding steroid dienone is 4. The SMILES string of the molecule is CCCCCC/C=C\C=C/CCCCCCCC(=O)OC[C@H](COP(=O)(O)OC[C@@H](O)COP(=O)(O)OC[C@@H](COC(=O)CCCCCCCCCCCCCCC)OC(=O)CCCCCCCCCCCCCCCC)OC(=O)CCCCCCCCCCCCCCCCCCCCC(C)CC. The summed E-state index contributed by atoms with van der Waals surface area (Å²) in [5, 5.41) is 10.7. The Bertz CT molecular complexity index is 2080. The molecule has 3 unspecified atom stereocenters. The van der Waals surface area contributed by atoms with Gasteiger partial charge in [-0.1, -0.05) is 380 Å². The Morgan fingerprint density at radius 1 is 0.308 bits per heavy atom. The maximum Gasteiger partial charge on any atom is 0.472 e. The Kier molecular flexibility index (Phi) is 75.4. The standard InChI is InChI=1S/C85H162O17P2/c1-6-10-13-16-19-22-25-28-34-40-44-49-54-59-64-69-83(88)96-75-81(102-85(90)71-66-61-56-51-46-41-36-33-31-30-32-35-38-42-47-52-57-62-67-78(5)9-4)77-100-104(93,94)98-73-79(86)72-97-103(91,92)99-76-80(74-95-82(87)68-63-58-53-48-43-37-27-24-21-18-15-12-8-3)101-84(89)70-65-60-55-50-45-39-29-26-23-20-17-14-11-7-2/h22,25,28,34,78-81,86H,6-21,23-24,26-27,29-33,35-77H2,1-5H3,(H,91,92)(H,93,94)/b25-22-,34-28-/t78?,79-,80+,81+/m0/s1. The fourth-order valence-corrected chi connectivity index (χ4v) is 14.3. The molecule has 3 N–H and O–H groups in total. The Morgan fingerprint density at radius 3 is 0.817 bits per heavy atom. The molecule has 0 aromatic carbocycles. The van der Waals surface area contributed by atoms with Gasteiger partial charge in [-0.15, -0.1) is 0 Å². The van der Waals surface area contributed by atoms with Gasteiger partial charge in [-0.25, -0.2) is 9.13 Å². The Morgan fingerprint density at radius 2 is 0.538 bits per heavy atom. The van der Waals surface area contributed by atoms with Gasteiger partial charge in [-0.2, -0.15) is 0 Å². The summed E-state index contributed by atoms with van der Waals surface area (Å²) in [7, 11) is -9.94. The van der Waals surface area contributed by atoms with E-state index in [1.807, 2.05) is 0 Å². The molecular weight excluding hydrogens is 1350 g/mol. The number of phosphoric acid groups is 2. The number of unbranched alkanes of at least 4 members (excludes halogenated alkanes) is 51. The normalized spacial score (nSPS) is 14.2. The molecule has 0 heterocycles. The first-order chi connectivity index (χ1) is 50.6. The summed E-state index contributed by atoms with van der Waals surface area (Å²) in [5.41, 5.74) is 0. The van der Waals surface area contributed by atoms with Crippen molar-refractivity contribution in [3.05, 3.63) is 24.3 Å². The second-order valence-electron chi connectivity index (χ2n) is 30.1. The lowest BCUT2D eigenvalue weighted by atomic mass is 9.99. The van der Waals surface area contributed by atoms with Gasteiger partial charge in [0, 0.05) is 25.7 Å². The van der Waals surface area contributed by atoms with Crippen LogP contribution in [0.15, 0.2) is 24.3 Å². The first-order valence-corrected chi connectivity index (χ1v) is 46.5. The molecule has 0 aliphatic carbocycles. The lowest BCUT2D eigenvalue weighted by Gasteiger charge is -2.21.